The number of aromatic nitrogens is 1. The van der Waals surface area contributed by atoms with Crippen molar-refractivity contribution in [1.82, 2.24) is 4.98 Å². The molecule has 1 aromatic heterocycles. The van der Waals surface area contributed by atoms with Crippen molar-refractivity contribution in [2.24, 2.45) is 0 Å². The quantitative estimate of drug-likeness (QED) is 0.817. The summed E-state index contributed by atoms with van der Waals surface area (Å²) >= 11 is 6.09. The lowest BCUT2D eigenvalue weighted by molar-refractivity contribution is -0.274. The minimum absolute atomic E-state index is 0.0526. The lowest BCUT2D eigenvalue weighted by Crippen LogP contribution is -2.20. The maximum Gasteiger partial charge on any atom is 0.573 e. The Morgan fingerprint density at radius 3 is 2.78 bits per heavy atom. The van der Waals surface area contributed by atoms with Crippen LogP contribution in [-0.2, 0) is 4.74 Å². The molecule has 6 nitrogen and oxygen atoms in total. The van der Waals surface area contributed by atoms with Crippen LogP contribution in [0.1, 0.15) is 16.8 Å². The number of rotatable bonds is 5. The number of hydrogen-bond donors (Lipinski definition) is 1. The number of benzene rings is 1. The van der Waals surface area contributed by atoms with Gasteiger partial charge in [0.25, 0.3) is 5.91 Å². The van der Waals surface area contributed by atoms with E-state index in [9.17, 15) is 18.0 Å². The molecule has 1 atom stereocenters. The summed E-state index contributed by atoms with van der Waals surface area (Å²) in [6.45, 7) is 1.01. The van der Waals surface area contributed by atoms with Gasteiger partial charge in [0, 0.05) is 12.6 Å². The van der Waals surface area contributed by atoms with E-state index in [2.05, 4.69) is 15.0 Å². The van der Waals surface area contributed by atoms with Gasteiger partial charge in [0.05, 0.1) is 24.5 Å². The molecule has 0 radical (unpaired) electrons. The first-order valence-corrected chi connectivity index (χ1v) is 8.26. The van der Waals surface area contributed by atoms with Crippen LogP contribution < -0.4 is 14.8 Å². The fourth-order valence-corrected chi connectivity index (χ4v) is 2.59. The molecule has 1 N–H and O–H groups in total. The molecule has 2 aromatic rings. The number of amides is 1. The average Bonchev–Trinajstić information content (AvgIpc) is 3.10. The second-order valence-electron chi connectivity index (χ2n) is 5.61. The Morgan fingerprint density at radius 2 is 2.11 bits per heavy atom. The van der Waals surface area contributed by atoms with Crippen molar-refractivity contribution in [3.05, 3.63) is 47.1 Å². The van der Waals surface area contributed by atoms with Gasteiger partial charge in [-0.25, -0.2) is 4.98 Å². The van der Waals surface area contributed by atoms with E-state index in [4.69, 9.17) is 21.1 Å². The highest BCUT2D eigenvalue weighted by Gasteiger charge is 2.32. The molecule has 1 aromatic carbocycles. The highest BCUT2D eigenvalue weighted by atomic mass is 35.5. The fourth-order valence-electron chi connectivity index (χ4n) is 2.38. The summed E-state index contributed by atoms with van der Waals surface area (Å²) in [6.07, 6.45) is -3.12. The zero-order chi connectivity index (χ0) is 19.4. The molecule has 27 heavy (non-hydrogen) atoms. The lowest BCUT2D eigenvalue weighted by atomic mass is 10.2. The first kappa shape index (κ1) is 19.2. The minimum Gasteiger partial charge on any atom is -0.471 e. The van der Waals surface area contributed by atoms with E-state index < -0.39 is 18.0 Å². The van der Waals surface area contributed by atoms with E-state index in [1.807, 2.05) is 0 Å². The summed E-state index contributed by atoms with van der Waals surface area (Å²) in [4.78, 5) is 16.3. The molecule has 1 amide bonds. The number of nitrogens with zero attached hydrogens (tertiary/aromatic N) is 1. The molecule has 3 rings (SSSR count). The van der Waals surface area contributed by atoms with Crippen LogP contribution in [0.3, 0.4) is 0 Å². The van der Waals surface area contributed by atoms with Crippen LogP contribution in [0.4, 0.5) is 18.9 Å². The van der Waals surface area contributed by atoms with Gasteiger partial charge in [-0.3, -0.25) is 4.79 Å². The van der Waals surface area contributed by atoms with Gasteiger partial charge < -0.3 is 19.5 Å². The number of halogens is 4. The minimum atomic E-state index is -4.88. The zero-order valence-electron chi connectivity index (χ0n) is 13.8. The molecule has 1 aliphatic heterocycles. The molecule has 10 heteroatoms. The smallest absolute Gasteiger partial charge is 0.471 e. The van der Waals surface area contributed by atoms with Gasteiger partial charge in [-0.05, 0) is 18.2 Å². The Hall–Kier alpha value is -2.52. The Labute approximate surface area is 157 Å². The van der Waals surface area contributed by atoms with Crippen molar-refractivity contribution in [3.63, 3.8) is 0 Å². The third-order valence-electron chi connectivity index (χ3n) is 3.60. The summed E-state index contributed by atoms with van der Waals surface area (Å²) in [6, 6.07) is 6.52. The Balaban J connectivity index is 1.72. The second kappa shape index (κ2) is 8.01. The third kappa shape index (κ3) is 5.24. The Kier molecular flexibility index (Phi) is 5.71. The van der Waals surface area contributed by atoms with E-state index >= 15 is 0 Å². The van der Waals surface area contributed by atoms with E-state index in [1.54, 1.807) is 0 Å². The standard InChI is InChI=1S/C17H14ClF3N2O4/c18-12-7-10(8-22-16(12)26-11-5-6-25-9-11)15(24)23-13-3-1-2-4-14(13)27-17(19,20)21/h1-4,7-8,11H,5-6,9H2,(H,23,24). The van der Waals surface area contributed by atoms with Gasteiger partial charge in [0.1, 0.15) is 11.1 Å². The number of pyridine rings is 1. The molecule has 0 spiro atoms. The highest BCUT2D eigenvalue weighted by molar-refractivity contribution is 6.32. The molecule has 0 bridgehead atoms. The van der Waals surface area contributed by atoms with Crippen LogP contribution in [0.2, 0.25) is 5.02 Å². The van der Waals surface area contributed by atoms with Crippen LogP contribution in [0, 0.1) is 0 Å². The third-order valence-corrected chi connectivity index (χ3v) is 3.87. The van der Waals surface area contributed by atoms with Gasteiger partial charge in [0.2, 0.25) is 5.88 Å². The molecule has 2 heterocycles. The van der Waals surface area contributed by atoms with Crippen molar-refractivity contribution in [2.45, 2.75) is 18.9 Å². The van der Waals surface area contributed by atoms with Crippen LogP contribution in [0.5, 0.6) is 11.6 Å². The van der Waals surface area contributed by atoms with Gasteiger partial charge in [-0.2, -0.15) is 0 Å². The van der Waals surface area contributed by atoms with Gasteiger partial charge in [-0.15, -0.1) is 13.2 Å². The summed E-state index contributed by atoms with van der Waals surface area (Å²) in [7, 11) is 0. The van der Waals surface area contributed by atoms with Crippen LogP contribution >= 0.6 is 11.6 Å². The Bertz CT molecular complexity index is 826. The number of alkyl halides is 3. The topological polar surface area (TPSA) is 69.7 Å². The number of ether oxygens (including phenoxy) is 3. The van der Waals surface area contributed by atoms with Crippen molar-refractivity contribution in [2.75, 3.05) is 18.5 Å². The molecule has 1 aliphatic rings. The first-order chi connectivity index (χ1) is 12.8. The van der Waals surface area contributed by atoms with Crippen molar-refractivity contribution < 1.29 is 32.2 Å². The molecule has 0 aliphatic carbocycles. The predicted octanol–water partition coefficient (Wildman–Crippen LogP) is 4.05. The number of carbonyl (C=O) groups excluding carboxylic acids is 1. The molecule has 144 valence electrons. The zero-order valence-corrected chi connectivity index (χ0v) is 14.5. The van der Waals surface area contributed by atoms with E-state index in [1.165, 1.54) is 30.5 Å². The second-order valence-corrected chi connectivity index (χ2v) is 6.02. The van der Waals surface area contributed by atoms with Crippen LogP contribution in [-0.4, -0.2) is 36.6 Å². The number of anilines is 1. The summed E-state index contributed by atoms with van der Waals surface area (Å²) < 4.78 is 52.1. The predicted molar refractivity (Wildman–Crippen MR) is 90.2 cm³/mol. The summed E-state index contributed by atoms with van der Waals surface area (Å²) in [5.41, 5.74) is -0.0868. The van der Waals surface area contributed by atoms with Crippen LogP contribution in [0.25, 0.3) is 0 Å². The molecular formula is C17H14ClF3N2O4. The van der Waals surface area contributed by atoms with Crippen LogP contribution in [0.15, 0.2) is 36.5 Å². The highest BCUT2D eigenvalue weighted by Crippen LogP contribution is 2.31. The SMILES string of the molecule is O=C(Nc1ccccc1OC(F)(F)F)c1cnc(OC2CCOC2)c(Cl)c1. The summed E-state index contributed by atoms with van der Waals surface area (Å²) in [5, 5.41) is 2.45. The number of carbonyl (C=O) groups is 1. The van der Waals surface area contributed by atoms with E-state index in [0.717, 1.165) is 6.07 Å². The van der Waals surface area contributed by atoms with Gasteiger partial charge >= 0.3 is 6.36 Å². The maximum absolute atomic E-state index is 12.5. The molecule has 1 unspecified atom stereocenters. The summed E-state index contributed by atoms with van der Waals surface area (Å²) in [5.74, 6) is -1.07. The molecule has 0 saturated carbocycles. The number of para-hydroxylation sites is 2. The van der Waals surface area contributed by atoms with Crippen molar-refractivity contribution in [1.29, 1.82) is 0 Å². The first-order valence-electron chi connectivity index (χ1n) is 7.88. The largest absolute Gasteiger partial charge is 0.573 e. The van der Waals surface area contributed by atoms with E-state index in [-0.39, 0.29) is 28.3 Å². The monoisotopic (exact) mass is 402 g/mol. The van der Waals surface area contributed by atoms with Crippen molar-refractivity contribution >= 4 is 23.2 Å². The van der Waals surface area contributed by atoms with Gasteiger partial charge in [0.15, 0.2) is 5.75 Å². The number of nitrogens with one attached hydrogen (secondary N) is 1. The normalized spacial score (nSPS) is 16.8. The van der Waals surface area contributed by atoms with Crippen molar-refractivity contribution in [3.8, 4) is 11.6 Å². The fraction of sp³-hybridized carbons (Fsp3) is 0.294. The maximum atomic E-state index is 12.5. The van der Waals surface area contributed by atoms with E-state index in [0.29, 0.717) is 19.6 Å². The average molecular weight is 403 g/mol. The molecule has 1 fully saturated rings. The lowest BCUT2D eigenvalue weighted by Gasteiger charge is -2.14. The molecule has 1 saturated heterocycles. The molecular weight excluding hydrogens is 389 g/mol. The number of hydrogen-bond acceptors (Lipinski definition) is 5. The Morgan fingerprint density at radius 1 is 1.33 bits per heavy atom. The van der Waals surface area contributed by atoms with Gasteiger partial charge in [-0.1, -0.05) is 23.7 Å².